The van der Waals surface area contributed by atoms with E-state index in [0.717, 1.165) is 30.4 Å². The monoisotopic (exact) mass is 356 g/mol. The number of hydrogen-bond acceptors (Lipinski definition) is 5. The summed E-state index contributed by atoms with van der Waals surface area (Å²) >= 11 is 0. The van der Waals surface area contributed by atoms with E-state index >= 15 is 0 Å². The van der Waals surface area contributed by atoms with Gasteiger partial charge in [-0.15, -0.1) is 0 Å². The Hall–Kier alpha value is -2.25. The van der Waals surface area contributed by atoms with E-state index in [4.69, 9.17) is 5.73 Å². The van der Waals surface area contributed by atoms with Gasteiger partial charge in [0.15, 0.2) is 0 Å². The number of hydrogen-bond donors (Lipinski definition) is 3. The number of nitrogens with two attached hydrogens (primary N) is 1. The Labute approximate surface area is 152 Å². The van der Waals surface area contributed by atoms with Gasteiger partial charge in [0.2, 0.25) is 11.8 Å². The van der Waals surface area contributed by atoms with Crippen molar-refractivity contribution in [3.05, 3.63) is 34.9 Å². The molecule has 3 aliphatic rings. The number of rotatable bonds is 4. The van der Waals surface area contributed by atoms with Crippen LogP contribution in [0.4, 0.5) is 0 Å². The van der Waals surface area contributed by atoms with Gasteiger partial charge in [-0.3, -0.25) is 19.7 Å². The molecule has 4 rings (SSSR count). The van der Waals surface area contributed by atoms with E-state index in [2.05, 4.69) is 10.6 Å². The van der Waals surface area contributed by atoms with Crippen molar-refractivity contribution in [3.8, 4) is 0 Å². The topological polar surface area (TPSA) is 105 Å². The summed E-state index contributed by atoms with van der Waals surface area (Å²) in [7, 11) is 0. The van der Waals surface area contributed by atoms with Crippen LogP contribution in [0, 0.1) is 0 Å². The summed E-state index contributed by atoms with van der Waals surface area (Å²) in [6.07, 6.45) is 3.93. The second kappa shape index (κ2) is 6.81. The fraction of sp³-hybridized carbons (Fsp3) is 0.526. The molecule has 3 atom stereocenters. The molecule has 1 unspecified atom stereocenters. The molecule has 2 fully saturated rings. The van der Waals surface area contributed by atoms with Crippen molar-refractivity contribution in [1.29, 1.82) is 0 Å². The van der Waals surface area contributed by atoms with Gasteiger partial charge < -0.3 is 16.0 Å². The molecule has 0 bridgehead atoms. The van der Waals surface area contributed by atoms with Crippen LogP contribution in [-0.4, -0.2) is 40.7 Å². The minimum atomic E-state index is -0.573. The summed E-state index contributed by atoms with van der Waals surface area (Å²) in [4.78, 5) is 37.9. The van der Waals surface area contributed by atoms with Crippen molar-refractivity contribution in [2.45, 2.75) is 63.3 Å². The molecule has 7 nitrogen and oxygen atoms in total. The number of imide groups is 1. The van der Waals surface area contributed by atoms with E-state index < -0.39 is 6.04 Å². The van der Waals surface area contributed by atoms with Crippen molar-refractivity contribution in [1.82, 2.24) is 15.5 Å². The Kier molecular flexibility index (Phi) is 4.50. The van der Waals surface area contributed by atoms with Gasteiger partial charge in [-0.1, -0.05) is 18.6 Å². The largest absolute Gasteiger partial charge is 0.326 e. The lowest BCUT2D eigenvalue weighted by Gasteiger charge is -2.29. The third-order valence-corrected chi connectivity index (χ3v) is 5.80. The van der Waals surface area contributed by atoms with E-state index in [0.29, 0.717) is 31.1 Å². The van der Waals surface area contributed by atoms with Crippen LogP contribution in [0.25, 0.3) is 0 Å². The Morgan fingerprint density at radius 3 is 2.77 bits per heavy atom. The van der Waals surface area contributed by atoms with Crippen LogP contribution in [0.3, 0.4) is 0 Å². The fourth-order valence-electron chi connectivity index (χ4n) is 4.30. The molecule has 26 heavy (non-hydrogen) atoms. The van der Waals surface area contributed by atoms with Crippen LogP contribution in [0.15, 0.2) is 18.2 Å². The van der Waals surface area contributed by atoms with Gasteiger partial charge in [0, 0.05) is 37.2 Å². The van der Waals surface area contributed by atoms with Gasteiger partial charge in [-0.25, -0.2) is 0 Å². The summed E-state index contributed by atoms with van der Waals surface area (Å²) in [6.45, 7) is 1.08. The number of piperidine rings is 1. The maximum atomic E-state index is 12.8. The van der Waals surface area contributed by atoms with Crippen molar-refractivity contribution in [2.24, 2.45) is 5.73 Å². The lowest BCUT2D eigenvalue weighted by atomic mass is 10.0. The maximum absolute atomic E-state index is 12.8. The number of benzene rings is 1. The normalized spacial score (nSPS) is 28.4. The summed E-state index contributed by atoms with van der Waals surface area (Å²) in [5.41, 5.74) is 8.83. The number of nitrogens with zero attached hydrogens (tertiary/aromatic N) is 1. The molecule has 1 saturated carbocycles. The maximum Gasteiger partial charge on any atom is 0.255 e. The molecule has 0 spiro atoms. The lowest BCUT2D eigenvalue weighted by molar-refractivity contribution is -0.136. The molecular formula is C19H24N4O3. The molecule has 7 heteroatoms. The zero-order chi connectivity index (χ0) is 18.3. The smallest absolute Gasteiger partial charge is 0.255 e. The minimum absolute atomic E-state index is 0.131. The van der Waals surface area contributed by atoms with E-state index in [1.165, 1.54) is 0 Å². The highest BCUT2D eigenvalue weighted by Crippen LogP contribution is 2.30. The number of nitrogens with one attached hydrogen (secondary N) is 2. The molecule has 1 aromatic carbocycles. The molecule has 1 aliphatic carbocycles. The first-order chi connectivity index (χ1) is 12.5. The van der Waals surface area contributed by atoms with Crippen molar-refractivity contribution in [2.75, 3.05) is 0 Å². The van der Waals surface area contributed by atoms with Gasteiger partial charge in [-0.2, -0.15) is 0 Å². The van der Waals surface area contributed by atoms with Crippen molar-refractivity contribution >= 4 is 17.7 Å². The second-order valence-corrected chi connectivity index (χ2v) is 7.43. The third kappa shape index (κ3) is 3.01. The summed E-state index contributed by atoms with van der Waals surface area (Å²) < 4.78 is 0. The van der Waals surface area contributed by atoms with E-state index in [1.807, 2.05) is 18.2 Å². The molecule has 0 radical (unpaired) electrons. The molecule has 1 aromatic rings. The summed E-state index contributed by atoms with van der Waals surface area (Å²) in [6, 6.07) is 5.65. The summed E-state index contributed by atoms with van der Waals surface area (Å²) in [5, 5.41) is 5.86. The highest BCUT2D eigenvalue weighted by atomic mass is 16.2. The van der Waals surface area contributed by atoms with E-state index in [9.17, 15) is 14.4 Å². The molecular weight excluding hydrogens is 332 g/mol. The van der Waals surface area contributed by atoms with Crippen LogP contribution in [0.2, 0.25) is 0 Å². The third-order valence-electron chi connectivity index (χ3n) is 5.80. The van der Waals surface area contributed by atoms with Crippen LogP contribution in [0.5, 0.6) is 0 Å². The average molecular weight is 356 g/mol. The second-order valence-electron chi connectivity index (χ2n) is 7.43. The molecule has 2 aliphatic heterocycles. The first kappa shape index (κ1) is 17.2. The predicted octanol–water partition coefficient (Wildman–Crippen LogP) is 0.417. The minimum Gasteiger partial charge on any atom is -0.326 e. The quantitative estimate of drug-likeness (QED) is 0.678. The number of carbonyl (C=O) groups is 3. The first-order valence-corrected chi connectivity index (χ1v) is 9.29. The van der Waals surface area contributed by atoms with Gasteiger partial charge in [0.25, 0.3) is 5.91 Å². The molecule has 3 amide bonds. The van der Waals surface area contributed by atoms with E-state index in [1.54, 1.807) is 4.90 Å². The molecule has 1 saturated heterocycles. The Morgan fingerprint density at radius 1 is 1.19 bits per heavy atom. The number of fused-ring (bicyclic) bond motifs is 1. The first-order valence-electron chi connectivity index (χ1n) is 9.29. The number of amides is 3. The lowest BCUT2D eigenvalue weighted by Crippen LogP contribution is -2.52. The van der Waals surface area contributed by atoms with Crippen molar-refractivity contribution < 1.29 is 14.4 Å². The Bertz CT molecular complexity index is 763. The SMILES string of the molecule is N[C@H]1CCC[C@@H]1NCc1cccc2c1CN(C1CCC(=O)NC1=O)C2=O. The molecule has 2 heterocycles. The fourth-order valence-corrected chi connectivity index (χ4v) is 4.30. The van der Waals surface area contributed by atoms with Gasteiger partial charge in [0.1, 0.15) is 6.04 Å². The predicted molar refractivity (Wildman–Crippen MR) is 94.9 cm³/mol. The highest BCUT2D eigenvalue weighted by molar-refractivity contribution is 6.05. The van der Waals surface area contributed by atoms with Crippen molar-refractivity contribution in [3.63, 3.8) is 0 Å². The average Bonchev–Trinajstić information content (AvgIpc) is 3.17. The Morgan fingerprint density at radius 2 is 2.04 bits per heavy atom. The molecule has 4 N–H and O–H groups in total. The number of carbonyl (C=O) groups excluding carboxylic acids is 3. The van der Waals surface area contributed by atoms with Crippen LogP contribution in [0.1, 0.15) is 53.6 Å². The standard InChI is InChI=1S/C19H24N4O3/c20-14-5-2-6-15(14)21-9-11-3-1-4-12-13(11)10-23(19(12)26)16-7-8-17(24)22-18(16)25/h1,3-4,14-16,21H,2,5-10,20H2,(H,22,24,25)/t14-,15-,16?/m0/s1. The molecule has 0 aromatic heterocycles. The molecule has 138 valence electrons. The Balaban J connectivity index is 1.50. The zero-order valence-electron chi connectivity index (χ0n) is 14.7. The van der Waals surface area contributed by atoms with Crippen LogP contribution >= 0.6 is 0 Å². The van der Waals surface area contributed by atoms with Gasteiger partial charge in [-0.05, 0) is 36.5 Å². The highest BCUT2D eigenvalue weighted by Gasteiger charge is 2.39. The van der Waals surface area contributed by atoms with E-state index in [-0.39, 0.29) is 30.2 Å². The van der Waals surface area contributed by atoms with Crippen LogP contribution < -0.4 is 16.4 Å². The van der Waals surface area contributed by atoms with Gasteiger partial charge >= 0.3 is 0 Å². The summed E-state index contributed by atoms with van der Waals surface area (Å²) in [5.74, 6) is -0.777. The van der Waals surface area contributed by atoms with Gasteiger partial charge in [0.05, 0.1) is 0 Å². The van der Waals surface area contributed by atoms with Crippen LogP contribution in [-0.2, 0) is 22.7 Å². The zero-order valence-corrected chi connectivity index (χ0v) is 14.7.